The molecule has 150 valence electrons. The first-order chi connectivity index (χ1) is 14.2. The van der Waals surface area contributed by atoms with Gasteiger partial charge < -0.3 is 14.2 Å². The third-order valence-electron chi connectivity index (χ3n) is 4.80. The van der Waals surface area contributed by atoms with E-state index in [-0.39, 0.29) is 23.2 Å². The van der Waals surface area contributed by atoms with E-state index in [9.17, 15) is 9.18 Å². The quantitative estimate of drug-likeness (QED) is 0.606. The number of benzene rings is 1. The van der Waals surface area contributed by atoms with Crippen molar-refractivity contribution < 1.29 is 18.4 Å². The number of hydrogen-bond acceptors (Lipinski definition) is 8. The topological polar surface area (TPSA) is 94.2 Å². The lowest BCUT2D eigenvalue weighted by Crippen LogP contribution is -2.46. The summed E-state index contributed by atoms with van der Waals surface area (Å²) in [6.07, 6.45) is 5.48. The highest BCUT2D eigenvalue weighted by Gasteiger charge is 2.33. The second-order valence-corrected chi connectivity index (χ2v) is 6.62. The maximum atomic E-state index is 14.1. The van der Waals surface area contributed by atoms with Crippen LogP contribution in [0.1, 0.15) is 26.2 Å². The van der Waals surface area contributed by atoms with Crippen LogP contribution in [0.3, 0.4) is 0 Å². The molecule has 0 bridgehead atoms. The van der Waals surface area contributed by atoms with Crippen molar-refractivity contribution in [1.82, 2.24) is 20.1 Å². The van der Waals surface area contributed by atoms with E-state index < -0.39 is 11.9 Å². The summed E-state index contributed by atoms with van der Waals surface area (Å²) in [6, 6.07) is 5.76. The first-order valence-corrected chi connectivity index (χ1v) is 9.51. The summed E-state index contributed by atoms with van der Waals surface area (Å²) in [7, 11) is 0. The molecule has 0 N–H and O–H groups in total. The van der Waals surface area contributed by atoms with E-state index in [1.807, 2.05) is 4.90 Å². The zero-order chi connectivity index (χ0) is 20.2. The van der Waals surface area contributed by atoms with Gasteiger partial charge in [-0.05, 0) is 38.3 Å². The predicted molar refractivity (Wildman–Crippen MR) is 102 cm³/mol. The molecule has 1 aliphatic heterocycles. The first kappa shape index (κ1) is 19.0. The van der Waals surface area contributed by atoms with Crippen LogP contribution in [0.5, 0.6) is 0 Å². The number of ether oxygens (including phenoxy) is 1. The van der Waals surface area contributed by atoms with Gasteiger partial charge in [-0.25, -0.2) is 19.2 Å². The fraction of sp³-hybridized carbons (Fsp3) is 0.350. The molecule has 4 rings (SSSR count). The number of esters is 1. The van der Waals surface area contributed by atoms with E-state index in [1.165, 1.54) is 12.4 Å². The number of anilines is 1. The number of piperidine rings is 1. The minimum absolute atomic E-state index is 0.133. The molecular formula is C20H20FN5O3. The monoisotopic (exact) mass is 397 g/mol. The van der Waals surface area contributed by atoms with Crippen LogP contribution in [0.4, 0.5) is 10.2 Å². The Morgan fingerprint density at radius 2 is 2.17 bits per heavy atom. The van der Waals surface area contributed by atoms with Crippen molar-refractivity contribution in [2.45, 2.75) is 32.2 Å². The van der Waals surface area contributed by atoms with Crippen LogP contribution >= 0.6 is 0 Å². The van der Waals surface area contributed by atoms with E-state index in [2.05, 4.69) is 20.1 Å². The van der Waals surface area contributed by atoms with E-state index in [1.54, 1.807) is 31.3 Å². The largest absolute Gasteiger partial charge is 0.464 e. The summed E-state index contributed by atoms with van der Waals surface area (Å²) in [5, 5.41) is 3.90. The summed E-state index contributed by atoms with van der Waals surface area (Å²) in [4.78, 5) is 27.1. The second kappa shape index (κ2) is 8.34. The number of rotatable bonds is 5. The minimum Gasteiger partial charge on any atom is -0.464 e. The lowest BCUT2D eigenvalue weighted by atomic mass is 10.0. The Kier molecular flexibility index (Phi) is 5.46. The van der Waals surface area contributed by atoms with Crippen LogP contribution in [0, 0.1) is 5.82 Å². The van der Waals surface area contributed by atoms with Gasteiger partial charge in [0.2, 0.25) is 5.82 Å². The fourth-order valence-corrected chi connectivity index (χ4v) is 3.46. The number of halogens is 1. The van der Waals surface area contributed by atoms with Crippen LogP contribution in [-0.2, 0) is 9.53 Å². The molecule has 3 aromatic rings. The molecule has 8 nitrogen and oxygen atoms in total. The van der Waals surface area contributed by atoms with Crippen LogP contribution in [0.15, 0.2) is 41.3 Å². The molecule has 0 aliphatic carbocycles. The number of aromatic nitrogens is 4. The van der Waals surface area contributed by atoms with E-state index in [4.69, 9.17) is 9.26 Å². The smallest absolute Gasteiger partial charge is 0.328 e. The summed E-state index contributed by atoms with van der Waals surface area (Å²) < 4.78 is 24.7. The van der Waals surface area contributed by atoms with Gasteiger partial charge >= 0.3 is 5.97 Å². The molecule has 3 heterocycles. The maximum Gasteiger partial charge on any atom is 0.328 e. The number of hydrogen-bond donors (Lipinski definition) is 0. The average molecular weight is 397 g/mol. The molecule has 1 aliphatic rings. The Morgan fingerprint density at radius 3 is 3.00 bits per heavy atom. The Bertz CT molecular complexity index is 1010. The number of carbonyl (C=O) groups excluding carboxylic acids is 1. The molecule has 0 amide bonds. The van der Waals surface area contributed by atoms with Gasteiger partial charge in [0.25, 0.3) is 5.89 Å². The normalized spacial score (nSPS) is 16.6. The van der Waals surface area contributed by atoms with Crippen LogP contribution in [-0.4, -0.2) is 45.3 Å². The van der Waals surface area contributed by atoms with E-state index in [0.29, 0.717) is 31.0 Å². The van der Waals surface area contributed by atoms with Crippen molar-refractivity contribution in [2.24, 2.45) is 0 Å². The molecule has 9 heteroatoms. The Balaban J connectivity index is 1.70. The van der Waals surface area contributed by atoms with Gasteiger partial charge in [-0.3, -0.25) is 0 Å². The van der Waals surface area contributed by atoms with Gasteiger partial charge in [-0.2, -0.15) is 4.98 Å². The van der Waals surface area contributed by atoms with Gasteiger partial charge in [0, 0.05) is 12.7 Å². The molecular weight excluding hydrogens is 377 g/mol. The lowest BCUT2D eigenvalue weighted by molar-refractivity contribution is -0.145. The van der Waals surface area contributed by atoms with Crippen LogP contribution in [0.2, 0.25) is 0 Å². The van der Waals surface area contributed by atoms with Crippen molar-refractivity contribution in [3.05, 3.63) is 42.6 Å². The predicted octanol–water partition coefficient (Wildman–Crippen LogP) is 3.25. The highest BCUT2D eigenvalue weighted by Crippen LogP contribution is 2.33. The van der Waals surface area contributed by atoms with Gasteiger partial charge in [-0.1, -0.05) is 17.3 Å². The molecule has 0 saturated carbocycles. The third kappa shape index (κ3) is 3.80. The lowest BCUT2D eigenvalue weighted by Gasteiger charge is -2.35. The van der Waals surface area contributed by atoms with Crippen molar-refractivity contribution >= 4 is 11.8 Å². The third-order valence-corrected chi connectivity index (χ3v) is 4.80. The van der Waals surface area contributed by atoms with Gasteiger partial charge in [0.05, 0.1) is 12.2 Å². The van der Waals surface area contributed by atoms with Crippen LogP contribution in [0.25, 0.3) is 22.8 Å². The van der Waals surface area contributed by atoms with Crippen molar-refractivity contribution in [3.8, 4) is 22.8 Å². The minimum atomic E-state index is -0.442. The zero-order valence-electron chi connectivity index (χ0n) is 15.9. The summed E-state index contributed by atoms with van der Waals surface area (Å²) in [5.74, 6) is 0.0825. The summed E-state index contributed by atoms with van der Waals surface area (Å²) >= 11 is 0. The molecule has 2 aromatic heterocycles. The summed E-state index contributed by atoms with van der Waals surface area (Å²) in [6.45, 7) is 2.74. The second-order valence-electron chi connectivity index (χ2n) is 6.62. The van der Waals surface area contributed by atoms with E-state index >= 15 is 0 Å². The van der Waals surface area contributed by atoms with Crippen molar-refractivity contribution in [1.29, 1.82) is 0 Å². The van der Waals surface area contributed by atoms with Gasteiger partial charge in [0.15, 0.2) is 0 Å². The van der Waals surface area contributed by atoms with Gasteiger partial charge in [-0.15, -0.1) is 0 Å². The standard InChI is InChI=1S/C20H20FN5O3/c1-2-28-20(27)16-9-5-6-10-26(16)18-14(11-22-12-23-18)19-24-17(25-29-19)13-7-3-4-8-15(13)21/h3-4,7-8,11-12,16H,2,5-6,9-10H2,1H3. The number of nitrogens with zero attached hydrogens (tertiary/aromatic N) is 5. The fourth-order valence-electron chi connectivity index (χ4n) is 3.46. The molecule has 1 unspecified atom stereocenters. The molecule has 1 saturated heterocycles. The molecule has 0 spiro atoms. The average Bonchev–Trinajstić information content (AvgIpc) is 3.24. The van der Waals surface area contributed by atoms with E-state index in [0.717, 1.165) is 12.8 Å². The highest BCUT2D eigenvalue weighted by atomic mass is 19.1. The molecule has 29 heavy (non-hydrogen) atoms. The maximum absolute atomic E-state index is 14.1. The molecule has 1 atom stereocenters. The summed E-state index contributed by atoms with van der Waals surface area (Å²) in [5.41, 5.74) is 0.724. The van der Waals surface area contributed by atoms with Gasteiger partial charge in [0.1, 0.15) is 29.6 Å². The van der Waals surface area contributed by atoms with Crippen molar-refractivity contribution in [3.63, 3.8) is 0 Å². The molecule has 1 fully saturated rings. The Morgan fingerprint density at radius 1 is 1.31 bits per heavy atom. The SMILES string of the molecule is CCOC(=O)C1CCCCN1c1ncncc1-c1nc(-c2ccccc2F)no1. The molecule has 1 aromatic carbocycles. The Hall–Kier alpha value is -3.36. The van der Waals surface area contributed by atoms with Crippen molar-refractivity contribution in [2.75, 3.05) is 18.1 Å². The van der Waals surface area contributed by atoms with Crippen LogP contribution < -0.4 is 4.90 Å². The molecule has 0 radical (unpaired) electrons. The highest BCUT2D eigenvalue weighted by molar-refractivity contribution is 5.82. The zero-order valence-corrected chi connectivity index (χ0v) is 15.9. The first-order valence-electron chi connectivity index (χ1n) is 9.51. The number of carbonyl (C=O) groups is 1. The Labute approximate surface area is 166 Å².